The average molecular weight is 556 g/mol. The SMILES string of the molecule is CC1CCCCCCC(C(C(N)N)C(O)NC2CNCC(C3CCCCC3)C2N2CCNC2)NCC(Cl)C1. The van der Waals surface area contributed by atoms with Crippen LogP contribution in [-0.2, 0) is 0 Å². The van der Waals surface area contributed by atoms with E-state index in [0.717, 1.165) is 64.6 Å². The second-order valence-electron chi connectivity index (χ2n) is 13.0. The van der Waals surface area contributed by atoms with Crippen LogP contribution in [0.5, 0.6) is 0 Å². The zero-order valence-electron chi connectivity index (χ0n) is 23.9. The summed E-state index contributed by atoms with van der Waals surface area (Å²) in [6.45, 7) is 8.01. The highest BCUT2D eigenvalue weighted by molar-refractivity contribution is 6.20. The molecule has 3 saturated heterocycles. The Morgan fingerprint density at radius 2 is 1.63 bits per heavy atom. The number of rotatable bonds is 7. The van der Waals surface area contributed by atoms with Gasteiger partial charge >= 0.3 is 0 Å². The molecule has 38 heavy (non-hydrogen) atoms. The summed E-state index contributed by atoms with van der Waals surface area (Å²) in [5, 5.41) is 26.5. The summed E-state index contributed by atoms with van der Waals surface area (Å²) in [5.41, 5.74) is 12.8. The number of aliphatic hydroxyl groups is 1. The molecular formula is C29H58ClN7O. The van der Waals surface area contributed by atoms with Crippen LogP contribution in [0.3, 0.4) is 0 Å². The predicted octanol–water partition coefficient (Wildman–Crippen LogP) is 2.10. The maximum atomic E-state index is 11.7. The van der Waals surface area contributed by atoms with Crippen molar-refractivity contribution in [3.63, 3.8) is 0 Å². The first-order valence-corrected chi connectivity index (χ1v) is 16.4. The molecule has 4 rings (SSSR count). The van der Waals surface area contributed by atoms with Crippen LogP contribution in [0.2, 0.25) is 0 Å². The van der Waals surface area contributed by atoms with Crippen molar-refractivity contribution in [2.24, 2.45) is 35.1 Å². The van der Waals surface area contributed by atoms with E-state index in [4.69, 9.17) is 23.1 Å². The molecule has 0 amide bonds. The van der Waals surface area contributed by atoms with Crippen molar-refractivity contribution in [1.82, 2.24) is 26.2 Å². The van der Waals surface area contributed by atoms with E-state index in [1.54, 1.807) is 0 Å². The summed E-state index contributed by atoms with van der Waals surface area (Å²) >= 11 is 6.75. The van der Waals surface area contributed by atoms with E-state index >= 15 is 0 Å². The van der Waals surface area contributed by atoms with Gasteiger partial charge in [0.05, 0.1) is 6.17 Å². The molecule has 8 nitrogen and oxygen atoms in total. The smallest absolute Gasteiger partial charge is 0.112 e. The van der Waals surface area contributed by atoms with Crippen molar-refractivity contribution < 1.29 is 5.11 Å². The molecule has 8 unspecified atom stereocenters. The van der Waals surface area contributed by atoms with Gasteiger partial charge in [-0.05, 0) is 37.1 Å². The van der Waals surface area contributed by atoms with Crippen LogP contribution < -0.4 is 32.7 Å². The predicted molar refractivity (Wildman–Crippen MR) is 158 cm³/mol. The quantitative estimate of drug-likeness (QED) is 0.188. The van der Waals surface area contributed by atoms with Crippen molar-refractivity contribution >= 4 is 11.6 Å². The van der Waals surface area contributed by atoms with Gasteiger partial charge in [-0.2, -0.15) is 0 Å². The number of aliphatic hydroxyl groups excluding tert-OH is 1. The number of hydrogen-bond acceptors (Lipinski definition) is 8. The van der Waals surface area contributed by atoms with Gasteiger partial charge in [-0.3, -0.25) is 10.2 Å². The van der Waals surface area contributed by atoms with E-state index < -0.39 is 12.4 Å². The van der Waals surface area contributed by atoms with Gasteiger partial charge in [0.2, 0.25) is 0 Å². The maximum absolute atomic E-state index is 11.7. The number of halogens is 1. The molecule has 1 saturated carbocycles. The van der Waals surface area contributed by atoms with Gasteiger partial charge in [-0.25, -0.2) is 0 Å². The number of piperidine rings is 1. The lowest BCUT2D eigenvalue weighted by atomic mass is 9.72. The zero-order valence-corrected chi connectivity index (χ0v) is 24.7. The largest absolute Gasteiger partial charge is 0.378 e. The van der Waals surface area contributed by atoms with Gasteiger partial charge in [0, 0.05) is 62.3 Å². The highest BCUT2D eigenvalue weighted by Gasteiger charge is 2.44. The molecule has 0 bridgehead atoms. The van der Waals surface area contributed by atoms with Crippen molar-refractivity contribution in [2.75, 3.05) is 39.4 Å². The van der Waals surface area contributed by atoms with Crippen LogP contribution >= 0.6 is 11.6 Å². The molecular weight excluding hydrogens is 498 g/mol. The Labute approximate surface area is 237 Å². The highest BCUT2D eigenvalue weighted by Crippen LogP contribution is 2.36. The Balaban J connectivity index is 1.46. The van der Waals surface area contributed by atoms with E-state index in [1.165, 1.54) is 57.8 Å². The van der Waals surface area contributed by atoms with Gasteiger partial charge in [-0.1, -0.05) is 71.1 Å². The van der Waals surface area contributed by atoms with E-state index in [1.807, 2.05) is 0 Å². The molecule has 9 N–H and O–H groups in total. The normalized spacial score (nSPS) is 37.4. The minimum Gasteiger partial charge on any atom is -0.378 e. The average Bonchev–Trinajstić information content (AvgIpc) is 3.43. The molecule has 222 valence electrons. The first kappa shape index (κ1) is 30.9. The van der Waals surface area contributed by atoms with Crippen LogP contribution in [0.4, 0.5) is 0 Å². The molecule has 9 heteroatoms. The highest BCUT2D eigenvalue weighted by atomic mass is 35.5. The number of nitrogens with zero attached hydrogens (tertiary/aromatic N) is 1. The minimum absolute atomic E-state index is 0.0334. The van der Waals surface area contributed by atoms with Crippen LogP contribution in [0, 0.1) is 23.7 Å². The third-order valence-corrected chi connectivity index (χ3v) is 10.4. The standard InChI is InChI=1S/C29H58ClN7O/c1-20-9-5-2-3-8-12-24(35-16-22(30)15-20)26(28(31)32)29(38)36-25-18-34-17-23(21-10-6-4-7-11-21)27(25)37-14-13-33-19-37/h20-29,33-36,38H,2-19,31-32H2,1H3. The number of nitrogens with two attached hydrogens (primary N) is 2. The molecule has 0 aromatic heterocycles. The summed E-state index contributed by atoms with van der Waals surface area (Å²) in [5.74, 6) is 1.71. The summed E-state index contributed by atoms with van der Waals surface area (Å²) < 4.78 is 0. The van der Waals surface area contributed by atoms with E-state index in [-0.39, 0.29) is 23.4 Å². The van der Waals surface area contributed by atoms with Crippen molar-refractivity contribution in [1.29, 1.82) is 0 Å². The Bertz CT molecular complexity index is 661. The molecule has 0 aromatic carbocycles. The lowest BCUT2D eigenvalue weighted by Gasteiger charge is -2.49. The summed E-state index contributed by atoms with van der Waals surface area (Å²) in [6.07, 6.45) is 13.4. The third kappa shape index (κ3) is 8.73. The van der Waals surface area contributed by atoms with Gasteiger partial charge < -0.3 is 32.5 Å². The third-order valence-electron chi connectivity index (χ3n) is 10.0. The van der Waals surface area contributed by atoms with Crippen LogP contribution in [-0.4, -0.2) is 85.3 Å². The minimum atomic E-state index is -0.775. The fraction of sp³-hybridized carbons (Fsp3) is 1.00. The van der Waals surface area contributed by atoms with Crippen molar-refractivity contribution in [3.05, 3.63) is 0 Å². The Hall–Kier alpha value is -0.0300. The second kappa shape index (κ2) is 15.8. The maximum Gasteiger partial charge on any atom is 0.112 e. The molecule has 1 aliphatic carbocycles. The van der Waals surface area contributed by atoms with E-state index in [0.29, 0.717) is 17.9 Å². The number of nitrogens with one attached hydrogen (secondary N) is 4. The monoisotopic (exact) mass is 555 g/mol. The van der Waals surface area contributed by atoms with Gasteiger partial charge in [-0.15, -0.1) is 11.6 Å². The van der Waals surface area contributed by atoms with E-state index in [9.17, 15) is 5.11 Å². The molecule has 0 aromatic rings. The molecule has 3 heterocycles. The molecule has 4 aliphatic rings. The fourth-order valence-electron chi connectivity index (χ4n) is 8.00. The number of hydrogen-bond donors (Lipinski definition) is 7. The summed E-state index contributed by atoms with van der Waals surface area (Å²) in [7, 11) is 0. The lowest BCUT2D eigenvalue weighted by Crippen LogP contribution is -2.68. The fourth-order valence-corrected chi connectivity index (χ4v) is 8.40. The molecule has 0 radical (unpaired) electrons. The summed E-state index contributed by atoms with van der Waals surface area (Å²) in [4.78, 5) is 2.62. The first-order valence-electron chi connectivity index (χ1n) is 15.9. The molecule has 4 fully saturated rings. The Kier molecular flexibility index (Phi) is 12.9. The lowest BCUT2D eigenvalue weighted by molar-refractivity contribution is -0.00742. The first-order chi connectivity index (χ1) is 18.4. The zero-order chi connectivity index (χ0) is 26.9. The molecule has 0 spiro atoms. The van der Waals surface area contributed by atoms with Gasteiger partial charge in [0.25, 0.3) is 0 Å². The topological polar surface area (TPSA) is 124 Å². The molecule has 3 aliphatic heterocycles. The number of alkyl halides is 1. The van der Waals surface area contributed by atoms with Crippen molar-refractivity contribution in [2.45, 2.75) is 120 Å². The van der Waals surface area contributed by atoms with E-state index in [2.05, 4.69) is 33.1 Å². The van der Waals surface area contributed by atoms with Gasteiger partial charge in [0.15, 0.2) is 0 Å². The van der Waals surface area contributed by atoms with Crippen LogP contribution in [0.15, 0.2) is 0 Å². The van der Waals surface area contributed by atoms with Crippen LogP contribution in [0.25, 0.3) is 0 Å². The summed E-state index contributed by atoms with van der Waals surface area (Å²) in [6, 6.07) is 0.586. The molecule has 8 atom stereocenters. The second-order valence-corrected chi connectivity index (χ2v) is 13.6. The van der Waals surface area contributed by atoms with Crippen molar-refractivity contribution in [3.8, 4) is 0 Å². The van der Waals surface area contributed by atoms with Crippen LogP contribution in [0.1, 0.15) is 84.0 Å². The Morgan fingerprint density at radius 3 is 2.34 bits per heavy atom. The Morgan fingerprint density at radius 1 is 0.921 bits per heavy atom. The van der Waals surface area contributed by atoms with Gasteiger partial charge in [0.1, 0.15) is 6.23 Å².